The highest BCUT2D eigenvalue weighted by Gasteiger charge is 2.09. The van der Waals surface area contributed by atoms with Gasteiger partial charge in [0.15, 0.2) is 0 Å². The van der Waals surface area contributed by atoms with Crippen molar-refractivity contribution in [3.8, 4) is 22.3 Å². The Morgan fingerprint density at radius 2 is 1.00 bits per heavy atom. The second kappa shape index (κ2) is 11.3. The number of para-hydroxylation sites is 2. The summed E-state index contributed by atoms with van der Waals surface area (Å²) in [5.74, 6) is 0. The van der Waals surface area contributed by atoms with Crippen molar-refractivity contribution < 1.29 is 0 Å². The number of nitrogens with zero attached hydrogens (tertiary/aromatic N) is 1. The molecule has 1 atom stereocenters. The van der Waals surface area contributed by atoms with Crippen LogP contribution in [0.2, 0.25) is 0 Å². The molecular weight excluding hydrogens is 443 g/mol. The zero-order chi connectivity index (χ0) is 23.7. The van der Waals surface area contributed by atoms with Crippen molar-refractivity contribution in [1.82, 2.24) is 0 Å². The third kappa shape index (κ3) is 6.06. The van der Waals surface area contributed by atoms with Gasteiger partial charge in [0.25, 0.3) is 0 Å². The van der Waals surface area contributed by atoms with Crippen LogP contribution in [0, 0.1) is 0 Å². The minimum atomic E-state index is 0.430. The molecule has 0 amide bonds. The first-order chi connectivity index (χ1) is 17.3. The van der Waals surface area contributed by atoms with Gasteiger partial charge in [-0.1, -0.05) is 97.1 Å². The van der Waals surface area contributed by atoms with Crippen molar-refractivity contribution in [2.45, 2.75) is 0 Å². The first kappa shape index (κ1) is 22.7. The average molecular weight is 471 g/mol. The van der Waals surface area contributed by atoms with E-state index in [1.807, 2.05) is 24.4 Å². The highest BCUT2D eigenvalue weighted by Crippen LogP contribution is 2.32. The van der Waals surface area contributed by atoms with Gasteiger partial charge in [-0.15, -0.1) is 0 Å². The molecule has 5 rings (SSSR count). The van der Waals surface area contributed by atoms with Crippen molar-refractivity contribution in [1.29, 1.82) is 0 Å². The third-order valence-electron chi connectivity index (χ3n) is 5.68. The lowest BCUT2D eigenvalue weighted by molar-refractivity contribution is 1.42. The van der Waals surface area contributed by atoms with Crippen LogP contribution in [-0.2, 0) is 0 Å². The molecule has 5 aromatic carbocycles. The first-order valence-corrected chi connectivity index (χ1v) is 12.6. The van der Waals surface area contributed by atoms with Gasteiger partial charge in [-0.3, -0.25) is 0 Å². The van der Waals surface area contributed by atoms with Crippen LogP contribution in [-0.4, -0.2) is 0 Å². The van der Waals surface area contributed by atoms with Crippen LogP contribution >= 0.6 is 8.73 Å². The number of hydrogen-bond donors (Lipinski definition) is 1. The highest BCUT2D eigenvalue weighted by molar-refractivity contribution is 7.49. The zero-order valence-electron chi connectivity index (χ0n) is 19.4. The standard InChI is InChI=1S/C32H27N2P/c1-5-13-26(14-6-1)28-23-29(27-15-7-2-8-16-27)25-32(24-28)35-34(31-19-11-4-12-20-31)22-21-33-30-17-9-3-10-18-30/h1-25,33,35H/b22-21-. The van der Waals surface area contributed by atoms with Gasteiger partial charge in [0, 0.05) is 32.5 Å². The first-order valence-electron chi connectivity index (χ1n) is 11.7. The SMILES string of the molecule is C(=C/N(Pc1cc(-c2ccccc2)cc(-c2ccccc2)c1)c1ccccc1)/Nc1ccccc1. The summed E-state index contributed by atoms with van der Waals surface area (Å²) < 4.78 is 2.30. The summed E-state index contributed by atoms with van der Waals surface area (Å²) in [6, 6.07) is 48.9. The van der Waals surface area contributed by atoms with Crippen LogP contribution in [0.15, 0.2) is 152 Å². The van der Waals surface area contributed by atoms with Gasteiger partial charge in [0.1, 0.15) is 0 Å². The molecule has 170 valence electrons. The van der Waals surface area contributed by atoms with Crippen molar-refractivity contribution in [3.63, 3.8) is 0 Å². The van der Waals surface area contributed by atoms with Crippen LogP contribution in [0.5, 0.6) is 0 Å². The van der Waals surface area contributed by atoms with E-state index in [2.05, 4.69) is 138 Å². The van der Waals surface area contributed by atoms with Crippen LogP contribution in [0.3, 0.4) is 0 Å². The van der Waals surface area contributed by atoms with E-state index >= 15 is 0 Å². The third-order valence-corrected chi connectivity index (χ3v) is 6.87. The number of rotatable bonds is 8. The molecule has 1 N–H and O–H groups in total. The molecule has 0 aliphatic heterocycles. The summed E-state index contributed by atoms with van der Waals surface area (Å²) in [5, 5.41) is 4.66. The maximum absolute atomic E-state index is 3.39. The molecule has 5 aromatic rings. The summed E-state index contributed by atoms with van der Waals surface area (Å²) in [6.07, 6.45) is 4.13. The number of hydrogen-bond acceptors (Lipinski definition) is 2. The molecule has 3 heteroatoms. The van der Waals surface area contributed by atoms with Crippen molar-refractivity contribution in [2.75, 3.05) is 9.99 Å². The average Bonchev–Trinajstić information content (AvgIpc) is 2.94. The molecule has 2 nitrogen and oxygen atoms in total. The fraction of sp³-hybridized carbons (Fsp3) is 0. The predicted octanol–water partition coefficient (Wildman–Crippen LogP) is 8.33. The van der Waals surface area contributed by atoms with Crippen LogP contribution in [0.25, 0.3) is 22.3 Å². The molecule has 0 saturated heterocycles. The zero-order valence-corrected chi connectivity index (χ0v) is 20.4. The summed E-state index contributed by atoms with van der Waals surface area (Å²) in [7, 11) is 0.430. The van der Waals surface area contributed by atoms with E-state index in [-0.39, 0.29) is 0 Å². The van der Waals surface area contributed by atoms with Gasteiger partial charge in [-0.2, -0.15) is 0 Å². The number of nitrogens with one attached hydrogen (secondary N) is 1. The van der Waals surface area contributed by atoms with Gasteiger partial charge >= 0.3 is 0 Å². The van der Waals surface area contributed by atoms with E-state index in [0.29, 0.717) is 8.73 Å². The van der Waals surface area contributed by atoms with Gasteiger partial charge in [0.2, 0.25) is 0 Å². The maximum Gasteiger partial charge on any atom is 0.0442 e. The quantitative estimate of drug-likeness (QED) is 0.229. The van der Waals surface area contributed by atoms with Gasteiger partial charge in [-0.05, 0) is 70.0 Å². The molecule has 0 aromatic heterocycles. The van der Waals surface area contributed by atoms with Crippen LogP contribution in [0.4, 0.5) is 11.4 Å². The summed E-state index contributed by atoms with van der Waals surface area (Å²) >= 11 is 0. The van der Waals surface area contributed by atoms with Crippen molar-refractivity contribution >= 4 is 25.4 Å². The molecule has 0 aliphatic rings. The van der Waals surface area contributed by atoms with E-state index < -0.39 is 0 Å². The molecule has 0 bridgehead atoms. The number of benzene rings is 5. The molecule has 35 heavy (non-hydrogen) atoms. The Morgan fingerprint density at radius 1 is 0.514 bits per heavy atom. The largest absolute Gasteiger partial charge is 0.360 e. The summed E-state index contributed by atoms with van der Waals surface area (Å²) in [4.78, 5) is 0. The fourth-order valence-corrected chi connectivity index (χ4v) is 5.09. The second-order valence-electron chi connectivity index (χ2n) is 8.17. The molecule has 0 radical (unpaired) electrons. The maximum atomic E-state index is 3.39. The van der Waals surface area contributed by atoms with E-state index in [4.69, 9.17) is 0 Å². The van der Waals surface area contributed by atoms with Crippen molar-refractivity contribution in [3.05, 3.63) is 152 Å². The molecule has 0 aliphatic carbocycles. The smallest absolute Gasteiger partial charge is 0.0442 e. The monoisotopic (exact) mass is 470 g/mol. The topological polar surface area (TPSA) is 15.3 Å². The molecular formula is C32H27N2P. The minimum Gasteiger partial charge on any atom is -0.360 e. The molecule has 0 heterocycles. The summed E-state index contributed by atoms with van der Waals surface area (Å²) in [5.41, 5.74) is 7.14. The predicted molar refractivity (Wildman–Crippen MR) is 153 cm³/mol. The minimum absolute atomic E-state index is 0.430. The molecule has 0 saturated carbocycles. The van der Waals surface area contributed by atoms with E-state index in [1.54, 1.807) is 0 Å². The second-order valence-corrected chi connectivity index (χ2v) is 9.46. The van der Waals surface area contributed by atoms with Crippen LogP contribution < -0.4 is 15.3 Å². The van der Waals surface area contributed by atoms with Gasteiger partial charge in [0.05, 0.1) is 0 Å². The lowest BCUT2D eigenvalue weighted by Crippen LogP contribution is -2.11. The summed E-state index contributed by atoms with van der Waals surface area (Å²) in [6.45, 7) is 0. The van der Waals surface area contributed by atoms with Crippen molar-refractivity contribution in [2.24, 2.45) is 0 Å². The van der Waals surface area contributed by atoms with E-state index in [1.165, 1.54) is 27.6 Å². The fourth-order valence-electron chi connectivity index (χ4n) is 3.94. The Morgan fingerprint density at radius 3 is 1.54 bits per heavy atom. The Kier molecular flexibility index (Phi) is 7.33. The van der Waals surface area contributed by atoms with E-state index in [9.17, 15) is 0 Å². The molecule has 0 fully saturated rings. The lowest BCUT2D eigenvalue weighted by Gasteiger charge is -2.22. The molecule has 1 unspecified atom stereocenters. The Bertz CT molecular complexity index is 1310. The Labute approximate surface area is 209 Å². The van der Waals surface area contributed by atoms with E-state index in [0.717, 1.165) is 11.4 Å². The van der Waals surface area contributed by atoms with Gasteiger partial charge < -0.3 is 9.99 Å². The van der Waals surface area contributed by atoms with Crippen LogP contribution in [0.1, 0.15) is 0 Å². The van der Waals surface area contributed by atoms with Gasteiger partial charge in [-0.25, -0.2) is 0 Å². The highest BCUT2D eigenvalue weighted by atomic mass is 31.1. The normalized spacial score (nSPS) is 11.2. The number of anilines is 2. The lowest BCUT2D eigenvalue weighted by atomic mass is 9.99. The molecule has 0 spiro atoms. The Hall–Kier alpha value is -4.13. The Balaban J connectivity index is 1.50.